The van der Waals surface area contributed by atoms with Gasteiger partial charge >= 0.3 is 0 Å². The van der Waals surface area contributed by atoms with Gasteiger partial charge in [-0.3, -0.25) is 4.79 Å². The second-order valence-corrected chi connectivity index (χ2v) is 6.05. The Kier molecular flexibility index (Phi) is 4.89. The first-order chi connectivity index (χ1) is 10.8. The van der Waals surface area contributed by atoms with E-state index in [0.29, 0.717) is 6.42 Å². The topological polar surface area (TPSA) is 29.1 Å². The minimum absolute atomic E-state index is 0.178. The lowest BCUT2D eigenvalue weighted by Crippen LogP contribution is -2.30. The number of benzene rings is 2. The summed E-state index contributed by atoms with van der Waals surface area (Å²) in [6, 6.07) is 19.1. The van der Waals surface area contributed by atoms with Crippen molar-refractivity contribution in [3.8, 4) is 0 Å². The molecule has 0 saturated heterocycles. The molecule has 0 spiro atoms. The summed E-state index contributed by atoms with van der Waals surface area (Å²) in [6.45, 7) is 0. The van der Waals surface area contributed by atoms with Crippen LogP contribution >= 0.6 is 0 Å². The standard InChI is InChI=1S/C20H23NO/c22-20(15-6-10-16-8-2-1-3-9-16)21-19-14-7-12-17-11-4-5-13-18(17)19/h1-5,8-9,11,13,19H,6-7,10,12,14-15H2,(H,21,22)/t19-/m0/s1. The van der Waals surface area contributed by atoms with Crippen LogP contribution in [0.3, 0.4) is 0 Å². The largest absolute Gasteiger partial charge is 0.349 e. The number of fused-ring (bicyclic) bond motifs is 1. The Morgan fingerprint density at radius 1 is 1.05 bits per heavy atom. The van der Waals surface area contributed by atoms with Gasteiger partial charge in [-0.25, -0.2) is 0 Å². The van der Waals surface area contributed by atoms with Crippen molar-refractivity contribution < 1.29 is 4.79 Å². The molecule has 0 fully saturated rings. The molecule has 1 aliphatic carbocycles. The smallest absolute Gasteiger partial charge is 0.220 e. The van der Waals surface area contributed by atoms with Crippen LogP contribution in [-0.4, -0.2) is 5.91 Å². The van der Waals surface area contributed by atoms with Gasteiger partial charge in [0.1, 0.15) is 0 Å². The molecule has 3 rings (SSSR count). The van der Waals surface area contributed by atoms with Crippen molar-refractivity contribution in [2.45, 2.75) is 44.6 Å². The maximum Gasteiger partial charge on any atom is 0.220 e. The molecule has 0 unspecified atom stereocenters. The van der Waals surface area contributed by atoms with Gasteiger partial charge in [-0.15, -0.1) is 0 Å². The monoisotopic (exact) mass is 293 g/mol. The molecule has 114 valence electrons. The first-order valence-corrected chi connectivity index (χ1v) is 8.24. The van der Waals surface area contributed by atoms with E-state index in [2.05, 4.69) is 41.7 Å². The summed E-state index contributed by atoms with van der Waals surface area (Å²) in [7, 11) is 0. The minimum Gasteiger partial charge on any atom is -0.349 e. The quantitative estimate of drug-likeness (QED) is 0.879. The zero-order chi connectivity index (χ0) is 15.2. The van der Waals surface area contributed by atoms with Crippen LogP contribution in [0.5, 0.6) is 0 Å². The first kappa shape index (κ1) is 14.8. The fourth-order valence-electron chi connectivity index (χ4n) is 3.27. The maximum absolute atomic E-state index is 12.2. The van der Waals surface area contributed by atoms with Crippen LogP contribution < -0.4 is 5.32 Å². The summed E-state index contributed by atoms with van der Waals surface area (Å²) >= 11 is 0. The van der Waals surface area contributed by atoms with Crippen LogP contribution in [0.1, 0.15) is 48.4 Å². The minimum atomic E-state index is 0.178. The molecule has 0 saturated carbocycles. The van der Waals surface area contributed by atoms with Crippen molar-refractivity contribution in [3.63, 3.8) is 0 Å². The van der Waals surface area contributed by atoms with Crippen LogP contribution in [-0.2, 0) is 17.6 Å². The van der Waals surface area contributed by atoms with Crippen molar-refractivity contribution in [3.05, 3.63) is 71.3 Å². The second-order valence-electron chi connectivity index (χ2n) is 6.05. The van der Waals surface area contributed by atoms with Crippen LogP contribution in [0.2, 0.25) is 0 Å². The van der Waals surface area contributed by atoms with Gasteiger partial charge in [0.2, 0.25) is 5.91 Å². The van der Waals surface area contributed by atoms with Crippen LogP contribution in [0.25, 0.3) is 0 Å². The molecule has 0 aromatic heterocycles. The van der Waals surface area contributed by atoms with E-state index in [0.717, 1.165) is 32.1 Å². The summed E-state index contributed by atoms with van der Waals surface area (Å²) in [5.41, 5.74) is 4.01. The highest BCUT2D eigenvalue weighted by atomic mass is 16.1. The summed E-state index contributed by atoms with van der Waals surface area (Å²) in [6.07, 6.45) is 5.83. The predicted octanol–water partition coefficient (Wildman–Crippen LogP) is 4.20. The number of amides is 1. The van der Waals surface area contributed by atoms with E-state index in [-0.39, 0.29) is 11.9 Å². The lowest BCUT2D eigenvalue weighted by atomic mass is 9.87. The fraction of sp³-hybridized carbons (Fsp3) is 0.350. The van der Waals surface area contributed by atoms with Crippen molar-refractivity contribution in [2.24, 2.45) is 0 Å². The SMILES string of the molecule is O=C(CCCc1ccccc1)N[C@H]1CCCc2ccccc21. The van der Waals surface area contributed by atoms with Crippen molar-refractivity contribution in [2.75, 3.05) is 0 Å². The number of carbonyl (C=O) groups excluding carboxylic acids is 1. The Bertz CT molecular complexity index is 621. The zero-order valence-corrected chi connectivity index (χ0v) is 12.9. The molecule has 22 heavy (non-hydrogen) atoms. The molecule has 1 atom stereocenters. The normalized spacial score (nSPS) is 16.8. The maximum atomic E-state index is 12.2. The van der Waals surface area contributed by atoms with E-state index in [1.807, 2.05) is 18.2 Å². The number of aryl methyl sites for hydroxylation is 2. The van der Waals surface area contributed by atoms with E-state index >= 15 is 0 Å². The Balaban J connectivity index is 1.50. The van der Waals surface area contributed by atoms with Gasteiger partial charge in [-0.1, -0.05) is 54.6 Å². The van der Waals surface area contributed by atoms with Gasteiger partial charge in [-0.2, -0.15) is 0 Å². The Morgan fingerprint density at radius 3 is 2.68 bits per heavy atom. The molecule has 1 amide bonds. The molecule has 0 aliphatic heterocycles. The van der Waals surface area contributed by atoms with Gasteiger partial charge in [0.05, 0.1) is 6.04 Å². The van der Waals surface area contributed by atoms with Crippen LogP contribution in [0, 0.1) is 0 Å². The molecule has 0 heterocycles. The molecule has 1 N–H and O–H groups in total. The average molecular weight is 293 g/mol. The van der Waals surface area contributed by atoms with Crippen molar-refractivity contribution in [1.82, 2.24) is 5.32 Å². The third-order valence-corrected chi connectivity index (χ3v) is 4.42. The van der Waals surface area contributed by atoms with Crippen LogP contribution in [0.15, 0.2) is 54.6 Å². The molecule has 2 aromatic rings. The molecule has 0 radical (unpaired) electrons. The molecular formula is C20H23NO. The van der Waals surface area contributed by atoms with Crippen molar-refractivity contribution >= 4 is 5.91 Å². The molecule has 1 aliphatic rings. The molecular weight excluding hydrogens is 270 g/mol. The summed E-state index contributed by atoms with van der Waals surface area (Å²) in [5, 5.41) is 3.22. The van der Waals surface area contributed by atoms with E-state index in [4.69, 9.17) is 0 Å². The zero-order valence-electron chi connectivity index (χ0n) is 12.9. The summed E-state index contributed by atoms with van der Waals surface area (Å²) < 4.78 is 0. The summed E-state index contributed by atoms with van der Waals surface area (Å²) in [5.74, 6) is 0.178. The third kappa shape index (κ3) is 3.76. The van der Waals surface area contributed by atoms with E-state index < -0.39 is 0 Å². The lowest BCUT2D eigenvalue weighted by molar-refractivity contribution is -0.122. The number of nitrogens with one attached hydrogen (secondary N) is 1. The number of carbonyl (C=O) groups is 1. The van der Waals surface area contributed by atoms with Gasteiger partial charge in [-0.05, 0) is 48.8 Å². The highest BCUT2D eigenvalue weighted by Crippen LogP contribution is 2.29. The Morgan fingerprint density at radius 2 is 1.82 bits per heavy atom. The van der Waals surface area contributed by atoms with E-state index in [9.17, 15) is 4.79 Å². The molecule has 0 bridgehead atoms. The van der Waals surface area contributed by atoms with Gasteiger partial charge in [0.15, 0.2) is 0 Å². The molecule has 2 heteroatoms. The number of rotatable bonds is 5. The summed E-state index contributed by atoms with van der Waals surface area (Å²) in [4.78, 5) is 12.2. The van der Waals surface area contributed by atoms with Gasteiger partial charge in [0.25, 0.3) is 0 Å². The first-order valence-electron chi connectivity index (χ1n) is 8.24. The predicted molar refractivity (Wildman–Crippen MR) is 89.6 cm³/mol. The number of hydrogen-bond donors (Lipinski definition) is 1. The lowest BCUT2D eigenvalue weighted by Gasteiger charge is -2.26. The van der Waals surface area contributed by atoms with Crippen molar-refractivity contribution in [1.29, 1.82) is 0 Å². The van der Waals surface area contributed by atoms with Crippen LogP contribution in [0.4, 0.5) is 0 Å². The van der Waals surface area contributed by atoms with E-state index in [1.165, 1.54) is 16.7 Å². The van der Waals surface area contributed by atoms with Gasteiger partial charge < -0.3 is 5.32 Å². The average Bonchev–Trinajstić information content (AvgIpc) is 2.56. The van der Waals surface area contributed by atoms with E-state index in [1.54, 1.807) is 0 Å². The fourth-order valence-corrected chi connectivity index (χ4v) is 3.27. The third-order valence-electron chi connectivity index (χ3n) is 4.42. The molecule has 2 aromatic carbocycles. The Hall–Kier alpha value is -2.09. The molecule has 2 nitrogen and oxygen atoms in total. The highest BCUT2D eigenvalue weighted by Gasteiger charge is 2.20. The second kappa shape index (κ2) is 7.26. The number of hydrogen-bond acceptors (Lipinski definition) is 1. The Labute approximate surface area is 132 Å². The van der Waals surface area contributed by atoms with Gasteiger partial charge in [0, 0.05) is 6.42 Å². The highest BCUT2D eigenvalue weighted by molar-refractivity contribution is 5.76.